The summed E-state index contributed by atoms with van der Waals surface area (Å²) in [6.07, 6.45) is 4.20. The summed E-state index contributed by atoms with van der Waals surface area (Å²) in [5.74, 6) is 1.36. The van der Waals surface area contributed by atoms with Crippen LogP contribution in [0.15, 0.2) is 54.7 Å². The van der Waals surface area contributed by atoms with Crippen molar-refractivity contribution in [2.75, 3.05) is 35.8 Å². The Labute approximate surface area is 177 Å². The second-order valence-corrected chi connectivity index (χ2v) is 9.97. The minimum absolute atomic E-state index is 0.233. The van der Waals surface area contributed by atoms with Gasteiger partial charge in [-0.15, -0.1) is 0 Å². The summed E-state index contributed by atoms with van der Waals surface area (Å²) >= 11 is 0. The number of aryl methyl sites for hydroxylation is 1. The van der Waals surface area contributed by atoms with Gasteiger partial charge in [0.15, 0.2) is 0 Å². The van der Waals surface area contributed by atoms with Crippen LogP contribution in [-0.4, -0.2) is 34.8 Å². The Balaban J connectivity index is 1.49. The Kier molecular flexibility index (Phi) is 5.01. The van der Waals surface area contributed by atoms with E-state index in [0.29, 0.717) is 5.95 Å². The summed E-state index contributed by atoms with van der Waals surface area (Å²) < 4.78 is 0. The highest BCUT2D eigenvalue weighted by atomic mass is 31.1. The molecule has 0 bridgehead atoms. The molecule has 0 aliphatic carbocycles. The molecule has 2 aromatic carbocycles. The molecule has 3 heterocycles. The largest absolute Gasteiger partial charge is 0.385 e. The van der Waals surface area contributed by atoms with Gasteiger partial charge in [-0.1, -0.05) is 32.2 Å². The molecule has 0 radical (unpaired) electrons. The third-order valence-corrected chi connectivity index (χ3v) is 6.71. The van der Waals surface area contributed by atoms with Crippen molar-refractivity contribution < 1.29 is 0 Å². The number of para-hydroxylation sites is 1. The number of hydrogen-bond donors (Lipinski definition) is 4. The maximum Gasteiger partial charge on any atom is 0.231 e. The van der Waals surface area contributed by atoms with Crippen LogP contribution in [0, 0.1) is 0 Å². The second kappa shape index (κ2) is 7.96. The van der Waals surface area contributed by atoms with Gasteiger partial charge in [-0.25, -0.2) is 0 Å². The van der Waals surface area contributed by atoms with Gasteiger partial charge in [-0.3, -0.25) is 0 Å². The molecule has 1 aliphatic heterocycles. The molecule has 0 fully saturated rings. The number of aromatic amines is 1. The molecule has 0 amide bonds. The summed E-state index contributed by atoms with van der Waals surface area (Å²) in [4.78, 5) is 12.7. The molecular formula is C23H25N6P. The fraction of sp³-hybridized carbons (Fsp3) is 0.217. The summed E-state index contributed by atoms with van der Waals surface area (Å²) in [5.41, 5.74) is 5.43. The Morgan fingerprint density at radius 2 is 1.90 bits per heavy atom. The van der Waals surface area contributed by atoms with Crippen molar-refractivity contribution in [1.82, 2.24) is 15.0 Å². The van der Waals surface area contributed by atoms with Crippen molar-refractivity contribution in [3.05, 3.63) is 60.3 Å². The SMILES string of the molecule is CP(C)c1ccccc1Nc1nc(Nc2ccc3c(c2)NCCC3)nc2[nH]ccc12. The van der Waals surface area contributed by atoms with Crippen LogP contribution in [0.3, 0.4) is 0 Å². The monoisotopic (exact) mass is 416 g/mol. The van der Waals surface area contributed by atoms with Crippen LogP contribution < -0.4 is 21.3 Å². The van der Waals surface area contributed by atoms with Gasteiger partial charge in [0, 0.05) is 29.8 Å². The van der Waals surface area contributed by atoms with Gasteiger partial charge in [-0.05, 0) is 61.3 Å². The zero-order chi connectivity index (χ0) is 20.5. The van der Waals surface area contributed by atoms with Crippen molar-refractivity contribution >= 4 is 53.1 Å². The molecule has 0 saturated carbocycles. The number of H-pyrrole nitrogens is 1. The molecule has 0 atom stereocenters. The van der Waals surface area contributed by atoms with Crippen molar-refractivity contribution in [3.8, 4) is 0 Å². The summed E-state index contributed by atoms with van der Waals surface area (Å²) in [7, 11) is -0.233. The van der Waals surface area contributed by atoms with Gasteiger partial charge in [0.25, 0.3) is 0 Å². The van der Waals surface area contributed by atoms with Crippen LogP contribution in [-0.2, 0) is 6.42 Å². The van der Waals surface area contributed by atoms with Crippen molar-refractivity contribution in [3.63, 3.8) is 0 Å². The number of aromatic nitrogens is 3. The highest BCUT2D eigenvalue weighted by Crippen LogP contribution is 2.32. The normalized spacial score (nSPS) is 13.2. The first kappa shape index (κ1) is 18.9. The lowest BCUT2D eigenvalue weighted by Gasteiger charge is -2.19. The molecule has 5 rings (SSSR count). The Hall–Kier alpha value is -3.11. The molecule has 30 heavy (non-hydrogen) atoms. The van der Waals surface area contributed by atoms with E-state index in [-0.39, 0.29) is 7.92 Å². The van der Waals surface area contributed by atoms with Crippen LogP contribution in [0.4, 0.5) is 28.8 Å². The lowest BCUT2D eigenvalue weighted by atomic mass is 10.0. The standard InChI is InChI=1S/C23H25N6P/c1-30(2)20-8-4-3-7-18(20)27-22-17-11-13-25-21(17)28-23(29-22)26-16-10-9-15-6-5-12-24-19(15)14-16/h3-4,7-11,13-14,24H,5-6,12H2,1-2H3,(H3,25,26,27,28,29). The first-order valence-corrected chi connectivity index (χ1v) is 12.4. The van der Waals surface area contributed by atoms with Crippen LogP contribution in [0.25, 0.3) is 11.0 Å². The van der Waals surface area contributed by atoms with E-state index >= 15 is 0 Å². The topological polar surface area (TPSA) is 77.7 Å². The fourth-order valence-corrected chi connectivity index (χ4v) is 4.85. The molecular weight excluding hydrogens is 391 g/mol. The van der Waals surface area contributed by atoms with Crippen LogP contribution in [0.5, 0.6) is 0 Å². The first-order chi connectivity index (χ1) is 14.7. The lowest BCUT2D eigenvalue weighted by molar-refractivity contribution is 0.830. The number of fused-ring (bicyclic) bond motifs is 2. The Morgan fingerprint density at radius 3 is 2.80 bits per heavy atom. The van der Waals surface area contributed by atoms with E-state index < -0.39 is 0 Å². The number of rotatable bonds is 5. The highest BCUT2D eigenvalue weighted by Gasteiger charge is 2.13. The van der Waals surface area contributed by atoms with Crippen molar-refractivity contribution in [2.45, 2.75) is 12.8 Å². The van der Waals surface area contributed by atoms with Gasteiger partial charge in [-0.2, -0.15) is 9.97 Å². The summed E-state index contributed by atoms with van der Waals surface area (Å²) in [5, 5.41) is 12.7. The number of nitrogens with one attached hydrogen (secondary N) is 4. The zero-order valence-electron chi connectivity index (χ0n) is 17.2. The van der Waals surface area contributed by atoms with Gasteiger partial charge in [0.05, 0.1) is 5.39 Å². The van der Waals surface area contributed by atoms with E-state index in [1.54, 1.807) is 0 Å². The zero-order valence-corrected chi connectivity index (χ0v) is 18.1. The van der Waals surface area contributed by atoms with E-state index in [4.69, 9.17) is 4.98 Å². The maximum absolute atomic E-state index is 4.81. The van der Waals surface area contributed by atoms with Gasteiger partial charge in [0.2, 0.25) is 5.95 Å². The van der Waals surface area contributed by atoms with Gasteiger partial charge in [0.1, 0.15) is 11.5 Å². The number of hydrogen-bond acceptors (Lipinski definition) is 5. The maximum atomic E-state index is 4.81. The van der Waals surface area contributed by atoms with E-state index in [2.05, 4.69) is 81.7 Å². The average Bonchev–Trinajstić information content (AvgIpc) is 3.23. The molecule has 0 unspecified atom stereocenters. The molecule has 6 nitrogen and oxygen atoms in total. The van der Waals surface area contributed by atoms with Crippen LogP contribution in [0.2, 0.25) is 0 Å². The molecule has 2 aromatic heterocycles. The molecule has 0 spiro atoms. The predicted molar refractivity (Wildman–Crippen MR) is 129 cm³/mol. The first-order valence-electron chi connectivity index (χ1n) is 10.2. The molecule has 7 heteroatoms. The van der Waals surface area contributed by atoms with Gasteiger partial charge >= 0.3 is 0 Å². The predicted octanol–water partition coefficient (Wildman–Crippen LogP) is 5.17. The van der Waals surface area contributed by atoms with Crippen LogP contribution in [0.1, 0.15) is 12.0 Å². The van der Waals surface area contributed by atoms with E-state index in [1.807, 2.05) is 12.3 Å². The number of anilines is 5. The van der Waals surface area contributed by atoms with E-state index in [9.17, 15) is 0 Å². The van der Waals surface area contributed by atoms with Crippen molar-refractivity contribution in [1.29, 1.82) is 0 Å². The fourth-order valence-electron chi connectivity index (χ4n) is 3.86. The number of nitrogens with zero attached hydrogens (tertiary/aromatic N) is 2. The van der Waals surface area contributed by atoms with Gasteiger partial charge < -0.3 is 20.9 Å². The van der Waals surface area contributed by atoms with Crippen LogP contribution >= 0.6 is 7.92 Å². The Morgan fingerprint density at radius 1 is 1.00 bits per heavy atom. The molecule has 1 aliphatic rings. The molecule has 0 saturated heterocycles. The summed E-state index contributed by atoms with van der Waals surface area (Å²) in [6.45, 7) is 5.55. The molecule has 4 N–H and O–H groups in total. The lowest BCUT2D eigenvalue weighted by Crippen LogP contribution is -2.12. The smallest absolute Gasteiger partial charge is 0.231 e. The molecule has 4 aromatic rings. The second-order valence-electron chi connectivity index (χ2n) is 7.70. The molecule has 152 valence electrons. The minimum atomic E-state index is -0.233. The quantitative estimate of drug-likeness (QED) is 0.338. The summed E-state index contributed by atoms with van der Waals surface area (Å²) in [6, 6.07) is 16.9. The van der Waals surface area contributed by atoms with E-state index in [0.717, 1.165) is 41.2 Å². The number of benzene rings is 2. The van der Waals surface area contributed by atoms with E-state index in [1.165, 1.54) is 23.0 Å². The third-order valence-electron chi connectivity index (χ3n) is 5.36. The third kappa shape index (κ3) is 3.71. The van der Waals surface area contributed by atoms with Crippen molar-refractivity contribution in [2.24, 2.45) is 0 Å². The average molecular weight is 416 g/mol. The minimum Gasteiger partial charge on any atom is -0.385 e. The highest BCUT2D eigenvalue weighted by molar-refractivity contribution is 7.64. The Bertz CT molecular complexity index is 1200.